The zero-order valence-electron chi connectivity index (χ0n) is 19.6. The van der Waals surface area contributed by atoms with Crippen LogP contribution in [0.3, 0.4) is 0 Å². The fourth-order valence-electron chi connectivity index (χ4n) is 4.19. The molecule has 1 N–H and O–H groups in total. The number of hydrogen-bond donors (Lipinski definition) is 1. The fraction of sp³-hybridized carbons (Fsp3) is 0.520. The van der Waals surface area contributed by atoms with Crippen LogP contribution in [0.25, 0.3) is 0 Å². The highest BCUT2D eigenvalue weighted by molar-refractivity contribution is 7.12. The largest absolute Gasteiger partial charge is 0.377 e. The molecule has 1 aromatic carbocycles. The highest BCUT2D eigenvalue weighted by atomic mass is 32.1. The van der Waals surface area contributed by atoms with Crippen LogP contribution < -0.4 is 10.2 Å². The summed E-state index contributed by atoms with van der Waals surface area (Å²) in [7, 11) is 3.99. The number of nitrogens with one attached hydrogen (secondary N) is 1. The van der Waals surface area contributed by atoms with E-state index in [4.69, 9.17) is 4.74 Å². The molecule has 0 spiro atoms. The minimum Gasteiger partial charge on any atom is -0.377 e. The second kappa shape index (κ2) is 11.5. The molecular formula is C25H35N3O3S. The Kier molecular flexibility index (Phi) is 8.70. The lowest BCUT2D eigenvalue weighted by molar-refractivity contribution is -0.138. The van der Waals surface area contributed by atoms with Gasteiger partial charge in [0.05, 0.1) is 11.0 Å². The number of amides is 2. The Morgan fingerprint density at radius 3 is 2.59 bits per heavy atom. The van der Waals surface area contributed by atoms with Crippen molar-refractivity contribution in [3.63, 3.8) is 0 Å². The normalized spacial score (nSPS) is 15.7. The Morgan fingerprint density at radius 2 is 2.00 bits per heavy atom. The Balaban J connectivity index is 1.86. The minimum atomic E-state index is -0.118. The molecule has 7 heteroatoms. The first-order valence-corrected chi connectivity index (χ1v) is 12.4. The number of ether oxygens (including phenoxy) is 1. The van der Waals surface area contributed by atoms with Gasteiger partial charge in [-0.05, 0) is 60.9 Å². The fourth-order valence-corrected chi connectivity index (χ4v) is 4.81. The molecule has 174 valence electrons. The summed E-state index contributed by atoms with van der Waals surface area (Å²) in [6.07, 6.45) is 3.79. The van der Waals surface area contributed by atoms with Crippen LogP contribution in [0, 0.1) is 5.92 Å². The van der Waals surface area contributed by atoms with Gasteiger partial charge in [-0.1, -0.05) is 19.9 Å². The summed E-state index contributed by atoms with van der Waals surface area (Å²) >= 11 is 1.42. The second-order valence-corrected chi connectivity index (χ2v) is 9.48. The topological polar surface area (TPSA) is 61.9 Å². The van der Waals surface area contributed by atoms with Crippen molar-refractivity contribution in [3.8, 4) is 0 Å². The van der Waals surface area contributed by atoms with Crippen LogP contribution in [0.5, 0.6) is 0 Å². The highest BCUT2D eigenvalue weighted by Gasteiger charge is 2.27. The maximum Gasteiger partial charge on any atom is 0.265 e. The molecule has 2 amide bonds. The van der Waals surface area contributed by atoms with E-state index in [0.29, 0.717) is 18.0 Å². The molecule has 0 radical (unpaired) electrons. The molecule has 0 saturated carbocycles. The molecule has 1 saturated heterocycles. The Labute approximate surface area is 195 Å². The molecule has 1 aliphatic heterocycles. The lowest BCUT2D eigenvalue weighted by Gasteiger charge is -2.30. The van der Waals surface area contributed by atoms with Crippen LogP contribution in [0.4, 0.5) is 11.4 Å². The summed E-state index contributed by atoms with van der Waals surface area (Å²) < 4.78 is 5.85. The Hall–Kier alpha value is -2.38. The van der Waals surface area contributed by atoms with Crippen molar-refractivity contribution in [2.75, 3.05) is 37.5 Å². The molecule has 2 aromatic rings. The lowest BCUT2D eigenvalue weighted by atomic mass is 10.0. The molecular weight excluding hydrogens is 422 g/mol. The molecule has 2 heterocycles. The lowest BCUT2D eigenvalue weighted by Crippen LogP contribution is -2.40. The van der Waals surface area contributed by atoms with E-state index in [0.717, 1.165) is 49.2 Å². The predicted molar refractivity (Wildman–Crippen MR) is 132 cm³/mol. The van der Waals surface area contributed by atoms with Gasteiger partial charge in [-0.15, -0.1) is 11.3 Å². The van der Waals surface area contributed by atoms with E-state index in [1.165, 1.54) is 11.3 Å². The molecule has 1 unspecified atom stereocenters. The van der Waals surface area contributed by atoms with Crippen molar-refractivity contribution in [1.82, 2.24) is 4.90 Å². The van der Waals surface area contributed by atoms with E-state index < -0.39 is 0 Å². The minimum absolute atomic E-state index is 0.0147. The summed E-state index contributed by atoms with van der Waals surface area (Å²) in [4.78, 5) is 30.6. The summed E-state index contributed by atoms with van der Waals surface area (Å²) in [5, 5.41) is 4.89. The van der Waals surface area contributed by atoms with Gasteiger partial charge >= 0.3 is 0 Å². The molecule has 0 aliphatic carbocycles. The Bertz CT molecular complexity index is 888. The SMILES string of the molecule is CCC(CC)C(=O)N(Cc1cc(NC(=O)c2cccs2)ccc1N(C)C)CC1CCCO1. The van der Waals surface area contributed by atoms with Gasteiger partial charge in [-0.3, -0.25) is 9.59 Å². The van der Waals surface area contributed by atoms with Gasteiger partial charge in [0.2, 0.25) is 5.91 Å². The van der Waals surface area contributed by atoms with E-state index in [1.54, 1.807) is 0 Å². The molecule has 1 fully saturated rings. The van der Waals surface area contributed by atoms with Crippen molar-refractivity contribution in [2.24, 2.45) is 5.92 Å². The van der Waals surface area contributed by atoms with Crippen molar-refractivity contribution in [1.29, 1.82) is 0 Å². The van der Waals surface area contributed by atoms with Crippen LogP contribution in [0.15, 0.2) is 35.7 Å². The summed E-state index contributed by atoms with van der Waals surface area (Å²) in [5.41, 5.74) is 2.78. The number of benzene rings is 1. The third-order valence-corrected chi connectivity index (χ3v) is 6.89. The summed E-state index contributed by atoms with van der Waals surface area (Å²) in [6, 6.07) is 9.59. The number of nitrogens with zero attached hydrogens (tertiary/aromatic N) is 2. The van der Waals surface area contributed by atoms with Crippen LogP contribution >= 0.6 is 11.3 Å². The van der Waals surface area contributed by atoms with E-state index in [1.807, 2.05) is 59.6 Å². The van der Waals surface area contributed by atoms with Crippen molar-refractivity contribution < 1.29 is 14.3 Å². The van der Waals surface area contributed by atoms with Crippen molar-refractivity contribution >= 4 is 34.5 Å². The van der Waals surface area contributed by atoms with Crippen LogP contribution in [0.1, 0.15) is 54.8 Å². The molecule has 1 aliphatic rings. The number of anilines is 2. The standard InChI is InChI=1S/C25H35N3O3S/c1-5-18(6-2)25(30)28(17-21-9-7-13-31-21)16-19-15-20(11-12-22(19)27(3)4)26-24(29)23-10-8-14-32-23/h8,10-12,14-15,18,21H,5-7,9,13,16-17H2,1-4H3,(H,26,29). The van der Waals surface area contributed by atoms with Gasteiger partial charge in [0.1, 0.15) is 0 Å². The zero-order valence-corrected chi connectivity index (χ0v) is 20.4. The third-order valence-electron chi connectivity index (χ3n) is 6.02. The maximum atomic E-state index is 13.4. The number of carbonyl (C=O) groups excluding carboxylic acids is 2. The van der Waals surface area contributed by atoms with E-state index >= 15 is 0 Å². The molecule has 1 atom stereocenters. The van der Waals surface area contributed by atoms with Gasteiger partial charge in [-0.2, -0.15) is 0 Å². The summed E-state index contributed by atoms with van der Waals surface area (Å²) in [6.45, 7) is 6.01. The molecule has 32 heavy (non-hydrogen) atoms. The first kappa shape index (κ1) is 24.3. The average molecular weight is 458 g/mol. The van der Waals surface area contributed by atoms with E-state index in [2.05, 4.69) is 19.2 Å². The number of carbonyl (C=O) groups is 2. The van der Waals surface area contributed by atoms with E-state index in [-0.39, 0.29) is 23.8 Å². The molecule has 0 bridgehead atoms. The highest BCUT2D eigenvalue weighted by Crippen LogP contribution is 2.27. The zero-order chi connectivity index (χ0) is 23.1. The number of thiophene rings is 1. The number of rotatable bonds is 10. The molecule has 6 nitrogen and oxygen atoms in total. The Morgan fingerprint density at radius 1 is 1.22 bits per heavy atom. The number of hydrogen-bond acceptors (Lipinski definition) is 5. The van der Waals surface area contributed by atoms with Crippen LogP contribution in [-0.2, 0) is 16.1 Å². The van der Waals surface area contributed by atoms with Gasteiger partial charge in [0.25, 0.3) is 5.91 Å². The maximum absolute atomic E-state index is 13.4. The van der Waals surface area contributed by atoms with Crippen LogP contribution in [-0.4, -0.2) is 50.1 Å². The quantitative estimate of drug-likeness (QED) is 0.545. The van der Waals surface area contributed by atoms with Gasteiger partial charge in [0, 0.05) is 51.1 Å². The molecule has 3 rings (SSSR count). The smallest absolute Gasteiger partial charge is 0.265 e. The average Bonchev–Trinajstić information content (AvgIpc) is 3.48. The summed E-state index contributed by atoms with van der Waals surface area (Å²) in [5.74, 6) is 0.0806. The third kappa shape index (κ3) is 6.11. The second-order valence-electron chi connectivity index (χ2n) is 8.54. The van der Waals surface area contributed by atoms with Gasteiger partial charge in [-0.25, -0.2) is 0 Å². The predicted octanol–water partition coefficient (Wildman–Crippen LogP) is 5.01. The first-order chi connectivity index (χ1) is 15.4. The van der Waals surface area contributed by atoms with Crippen LogP contribution in [0.2, 0.25) is 0 Å². The van der Waals surface area contributed by atoms with Crippen molar-refractivity contribution in [2.45, 2.75) is 52.2 Å². The van der Waals surface area contributed by atoms with Gasteiger partial charge < -0.3 is 19.9 Å². The first-order valence-electron chi connectivity index (χ1n) is 11.5. The molecule has 1 aromatic heterocycles. The van der Waals surface area contributed by atoms with E-state index in [9.17, 15) is 9.59 Å². The monoisotopic (exact) mass is 457 g/mol. The van der Waals surface area contributed by atoms with Gasteiger partial charge in [0.15, 0.2) is 0 Å². The van der Waals surface area contributed by atoms with Crippen molar-refractivity contribution in [3.05, 3.63) is 46.2 Å².